The van der Waals surface area contributed by atoms with Crippen molar-refractivity contribution in [2.75, 3.05) is 0 Å². The normalized spacial score (nSPS) is 11.3. The summed E-state index contributed by atoms with van der Waals surface area (Å²) in [6, 6.07) is 48.8. The lowest BCUT2D eigenvalue weighted by atomic mass is 9.95. The topological polar surface area (TPSA) is 64.7 Å². The second-order valence-electron chi connectivity index (χ2n) is 10.3. The highest BCUT2D eigenvalue weighted by molar-refractivity contribution is 6.05. The minimum absolute atomic E-state index is 0.564. The van der Waals surface area contributed by atoms with Gasteiger partial charge in [-0.15, -0.1) is 0 Å². The molecular formula is C38H24N4O. The Morgan fingerprint density at radius 1 is 0.395 bits per heavy atom. The van der Waals surface area contributed by atoms with Crippen LogP contribution in [0, 0.1) is 0 Å². The Bertz CT molecular complexity index is 2160. The first kappa shape index (κ1) is 24.8. The molecule has 0 aliphatic carbocycles. The average molecular weight is 553 g/mol. The van der Waals surface area contributed by atoms with Crippen LogP contribution in [0.3, 0.4) is 0 Å². The molecular weight excluding hydrogens is 528 g/mol. The summed E-state index contributed by atoms with van der Waals surface area (Å²) in [6.07, 6.45) is 0. The van der Waals surface area contributed by atoms with Crippen molar-refractivity contribution in [1.29, 1.82) is 0 Å². The van der Waals surface area contributed by atoms with Gasteiger partial charge >= 0.3 is 0 Å². The minimum Gasteiger partial charge on any atom is -0.436 e. The van der Waals surface area contributed by atoms with Crippen LogP contribution in [-0.2, 0) is 0 Å². The fraction of sp³-hybridized carbons (Fsp3) is 0. The van der Waals surface area contributed by atoms with Crippen LogP contribution >= 0.6 is 0 Å². The summed E-state index contributed by atoms with van der Waals surface area (Å²) in [6.45, 7) is 0. The van der Waals surface area contributed by atoms with E-state index in [-0.39, 0.29) is 0 Å². The Kier molecular flexibility index (Phi) is 6.05. The van der Waals surface area contributed by atoms with Crippen LogP contribution in [0.5, 0.6) is 0 Å². The molecule has 2 aromatic heterocycles. The number of aromatic nitrogens is 4. The predicted molar refractivity (Wildman–Crippen MR) is 172 cm³/mol. The van der Waals surface area contributed by atoms with Crippen molar-refractivity contribution in [2.45, 2.75) is 0 Å². The summed E-state index contributed by atoms with van der Waals surface area (Å²) in [7, 11) is 0. The fourth-order valence-corrected chi connectivity index (χ4v) is 5.47. The van der Waals surface area contributed by atoms with E-state index >= 15 is 0 Å². The van der Waals surface area contributed by atoms with Gasteiger partial charge in [-0.05, 0) is 40.6 Å². The molecule has 5 heteroatoms. The van der Waals surface area contributed by atoms with Crippen LogP contribution < -0.4 is 0 Å². The molecule has 8 rings (SSSR count). The first-order valence-corrected chi connectivity index (χ1v) is 14.2. The van der Waals surface area contributed by atoms with Crippen LogP contribution in [-0.4, -0.2) is 19.9 Å². The molecule has 0 fully saturated rings. The van der Waals surface area contributed by atoms with E-state index in [9.17, 15) is 0 Å². The molecule has 0 amide bonds. The lowest BCUT2D eigenvalue weighted by molar-refractivity contribution is 0.620. The molecule has 0 spiro atoms. The van der Waals surface area contributed by atoms with Crippen LogP contribution in [0.25, 0.3) is 78.6 Å². The van der Waals surface area contributed by atoms with Gasteiger partial charge in [0.05, 0.1) is 0 Å². The van der Waals surface area contributed by atoms with Gasteiger partial charge in [0.1, 0.15) is 5.52 Å². The largest absolute Gasteiger partial charge is 0.436 e. The van der Waals surface area contributed by atoms with Gasteiger partial charge in [-0.25, -0.2) is 19.9 Å². The number of fused-ring (bicyclic) bond motifs is 2. The summed E-state index contributed by atoms with van der Waals surface area (Å²) in [4.78, 5) is 19.8. The van der Waals surface area contributed by atoms with Crippen molar-refractivity contribution in [3.05, 3.63) is 146 Å². The highest BCUT2D eigenvalue weighted by atomic mass is 16.3. The number of benzene rings is 6. The second-order valence-corrected chi connectivity index (χ2v) is 10.3. The van der Waals surface area contributed by atoms with Crippen molar-refractivity contribution < 1.29 is 4.42 Å². The van der Waals surface area contributed by atoms with E-state index in [1.54, 1.807) is 0 Å². The maximum absolute atomic E-state index is 6.44. The van der Waals surface area contributed by atoms with Gasteiger partial charge in [-0.3, -0.25) is 0 Å². The molecule has 6 aromatic carbocycles. The van der Waals surface area contributed by atoms with Crippen molar-refractivity contribution in [3.8, 4) is 56.7 Å². The van der Waals surface area contributed by atoms with E-state index in [0.717, 1.165) is 49.7 Å². The Hall–Kier alpha value is -5.94. The zero-order valence-electron chi connectivity index (χ0n) is 23.1. The number of oxazole rings is 1. The van der Waals surface area contributed by atoms with Crippen molar-refractivity contribution in [2.24, 2.45) is 0 Å². The molecule has 5 nitrogen and oxygen atoms in total. The third kappa shape index (κ3) is 4.63. The van der Waals surface area contributed by atoms with E-state index in [1.807, 2.05) is 97.1 Å². The van der Waals surface area contributed by atoms with Crippen LogP contribution in [0.1, 0.15) is 0 Å². The van der Waals surface area contributed by atoms with Crippen LogP contribution in [0.4, 0.5) is 0 Å². The fourth-order valence-electron chi connectivity index (χ4n) is 5.47. The molecule has 43 heavy (non-hydrogen) atoms. The zero-order chi connectivity index (χ0) is 28.6. The zero-order valence-corrected chi connectivity index (χ0v) is 23.1. The minimum atomic E-state index is 0.564. The molecule has 0 unspecified atom stereocenters. The van der Waals surface area contributed by atoms with Crippen LogP contribution in [0.2, 0.25) is 0 Å². The molecule has 0 aliphatic heterocycles. The van der Waals surface area contributed by atoms with E-state index in [4.69, 9.17) is 24.4 Å². The lowest BCUT2D eigenvalue weighted by Gasteiger charge is -2.11. The van der Waals surface area contributed by atoms with Gasteiger partial charge in [0, 0.05) is 27.8 Å². The van der Waals surface area contributed by atoms with Gasteiger partial charge in [-0.1, -0.05) is 121 Å². The number of rotatable bonds is 5. The standard InChI is InChI=1S/C38H24N4O/c1-4-14-26(15-5-1)35-40-36(27-16-6-2-7-17-27)42-37(41-35)29-23-32(31-22-12-20-25-13-10-11-21-30(25)31)34-33(24-29)43-38(39-34)28-18-8-3-9-19-28/h1-24H. The Labute approximate surface area is 248 Å². The summed E-state index contributed by atoms with van der Waals surface area (Å²) < 4.78 is 6.44. The smallest absolute Gasteiger partial charge is 0.227 e. The van der Waals surface area contributed by atoms with Gasteiger partial charge in [0.2, 0.25) is 5.89 Å². The molecule has 0 bridgehead atoms. The number of nitrogens with zero attached hydrogens (tertiary/aromatic N) is 4. The number of hydrogen-bond donors (Lipinski definition) is 0. The lowest BCUT2D eigenvalue weighted by Crippen LogP contribution is -2.00. The van der Waals surface area contributed by atoms with E-state index in [2.05, 4.69) is 48.5 Å². The Morgan fingerprint density at radius 3 is 1.58 bits per heavy atom. The molecule has 202 valence electrons. The Morgan fingerprint density at radius 2 is 0.930 bits per heavy atom. The maximum atomic E-state index is 6.44. The molecule has 8 aromatic rings. The monoisotopic (exact) mass is 552 g/mol. The Balaban J connectivity index is 1.40. The predicted octanol–water partition coefficient (Wildman–Crippen LogP) is 9.50. The molecule has 0 radical (unpaired) electrons. The summed E-state index contributed by atoms with van der Waals surface area (Å²) in [5.41, 5.74) is 7.07. The molecule has 0 atom stereocenters. The quantitative estimate of drug-likeness (QED) is 0.213. The molecule has 2 heterocycles. The molecule has 0 aliphatic rings. The number of hydrogen-bond acceptors (Lipinski definition) is 5. The van der Waals surface area contributed by atoms with E-state index in [0.29, 0.717) is 28.9 Å². The highest BCUT2D eigenvalue weighted by Gasteiger charge is 2.19. The first-order chi connectivity index (χ1) is 21.3. The summed E-state index contributed by atoms with van der Waals surface area (Å²) in [5, 5.41) is 2.29. The SMILES string of the molecule is c1ccc(-c2nc(-c3ccccc3)nc(-c3cc(-c4cccc5ccccc45)c4nc(-c5ccccc5)oc4c3)n2)cc1. The van der Waals surface area contributed by atoms with Crippen LogP contribution in [0.15, 0.2) is 150 Å². The van der Waals surface area contributed by atoms with Gasteiger partial charge < -0.3 is 4.42 Å². The van der Waals surface area contributed by atoms with Crippen molar-refractivity contribution in [3.63, 3.8) is 0 Å². The van der Waals surface area contributed by atoms with Crippen molar-refractivity contribution in [1.82, 2.24) is 19.9 Å². The molecule has 0 saturated carbocycles. The van der Waals surface area contributed by atoms with E-state index < -0.39 is 0 Å². The van der Waals surface area contributed by atoms with E-state index in [1.165, 1.54) is 0 Å². The molecule has 0 saturated heterocycles. The third-order valence-electron chi connectivity index (χ3n) is 7.55. The first-order valence-electron chi connectivity index (χ1n) is 14.2. The summed E-state index contributed by atoms with van der Waals surface area (Å²) >= 11 is 0. The third-order valence-corrected chi connectivity index (χ3v) is 7.55. The van der Waals surface area contributed by atoms with Gasteiger partial charge in [0.15, 0.2) is 23.1 Å². The molecule has 0 N–H and O–H groups in total. The highest BCUT2D eigenvalue weighted by Crippen LogP contribution is 2.39. The van der Waals surface area contributed by atoms with Gasteiger partial charge in [0.25, 0.3) is 0 Å². The maximum Gasteiger partial charge on any atom is 0.227 e. The second kappa shape index (κ2) is 10.5. The summed E-state index contributed by atoms with van der Waals surface area (Å²) in [5.74, 6) is 2.35. The van der Waals surface area contributed by atoms with Crippen molar-refractivity contribution >= 4 is 21.9 Å². The average Bonchev–Trinajstić information content (AvgIpc) is 3.53. The van der Waals surface area contributed by atoms with Gasteiger partial charge in [-0.2, -0.15) is 0 Å².